The largest absolute Gasteiger partial charge is 0.488 e. The van der Waals surface area contributed by atoms with Crippen LogP contribution in [0.4, 0.5) is 0 Å². The Morgan fingerprint density at radius 1 is 1.62 bits per heavy atom. The molecule has 0 radical (unpaired) electrons. The van der Waals surface area contributed by atoms with Crippen LogP contribution >= 0.6 is 0 Å². The summed E-state index contributed by atoms with van der Waals surface area (Å²) in [5, 5.41) is 18.4. The number of hydrogen-bond donors (Lipinski definition) is 2. The minimum absolute atomic E-state index is 0.439. The van der Waals surface area contributed by atoms with Crippen LogP contribution < -0.4 is 5.46 Å². The molecule has 13 heavy (non-hydrogen) atoms. The molecule has 0 spiro atoms. The standard InChI is InChI=1S/C9H14BNO2/c1-3-4-9-6-8(10(12)13)5-7(2)11-9/h5-6,12-13H,3-4H2,1-2H3/i1D3,2D3,3D2,4D2. The van der Waals surface area contributed by atoms with Crippen LogP contribution in [0, 0.1) is 6.85 Å². The molecule has 1 aromatic rings. The lowest BCUT2D eigenvalue weighted by Gasteiger charge is -2.04. The Morgan fingerprint density at radius 3 is 3.08 bits per heavy atom. The Kier molecular flexibility index (Phi) is 1.04. The molecule has 0 unspecified atom stereocenters. The molecule has 0 saturated carbocycles. The lowest BCUT2D eigenvalue weighted by atomic mass is 9.80. The zero-order valence-corrected chi connectivity index (χ0v) is 6.57. The molecule has 0 atom stereocenters. The van der Waals surface area contributed by atoms with E-state index in [1.807, 2.05) is 0 Å². The van der Waals surface area contributed by atoms with E-state index in [4.69, 9.17) is 13.7 Å². The van der Waals surface area contributed by atoms with Gasteiger partial charge < -0.3 is 10.0 Å². The molecule has 0 aliphatic rings. The van der Waals surface area contributed by atoms with Gasteiger partial charge in [-0.1, -0.05) is 13.2 Å². The molecule has 1 aromatic heterocycles. The van der Waals surface area contributed by atoms with Gasteiger partial charge in [0.25, 0.3) is 0 Å². The topological polar surface area (TPSA) is 53.4 Å². The summed E-state index contributed by atoms with van der Waals surface area (Å²) >= 11 is 0. The van der Waals surface area contributed by atoms with Crippen LogP contribution in [0.3, 0.4) is 0 Å². The summed E-state index contributed by atoms with van der Waals surface area (Å²) in [6.07, 6.45) is -6.60. The smallest absolute Gasteiger partial charge is 0.423 e. The maximum atomic E-state index is 9.18. The number of aryl methyl sites for hydroxylation is 2. The summed E-state index contributed by atoms with van der Waals surface area (Å²) in [5.41, 5.74) is -2.00. The minimum atomic E-state index is -3.39. The molecule has 1 rings (SSSR count). The van der Waals surface area contributed by atoms with E-state index < -0.39 is 50.4 Å². The van der Waals surface area contributed by atoms with E-state index in [0.717, 1.165) is 12.1 Å². The van der Waals surface area contributed by atoms with Crippen molar-refractivity contribution >= 4 is 12.6 Å². The summed E-state index contributed by atoms with van der Waals surface area (Å²) < 4.78 is 73.9. The summed E-state index contributed by atoms with van der Waals surface area (Å²) in [7, 11) is -2.16. The Hall–Kier alpha value is -0.865. The number of pyridine rings is 1. The second-order valence-electron chi connectivity index (χ2n) is 2.29. The van der Waals surface area contributed by atoms with Crippen molar-refractivity contribution in [3.63, 3.8) is 0 Å². The monoisotopic (exact) mass is 189 g/mol. The van der Waals surface area contributed by atoms with E-state index in [-0.39, 0.29) is 0 Å². The first-order valence-corrected chi connectivity index (χ1v) is 3.41. The van der Waals surface area contributed by atoms with Crippen LogP contribution in [-0.2, 0) is 6.37 Å². The molecule has 0 saturated heterocycles. The molecular formula is C9H14BNO2. The molecule has 0 aliphatic carbocycles. The zero-order valence-electron chi connectivity index (χ0n) is 16.6. The van der Waals surface area contributed by atoms with E-state index >= 15 is 0 Å². The molecule has 0 fully saturated rings. The first kappa shape index (κ1) is 3.07. The Labute approximate surface area is 92.6 Å². The number of aromatic nitrogens is 1. The highest BCUT2D eigenvalue weighted by molar-refractivity contribution is 6.58. The zero-order chi connectivity index (χ0) is 18.4. The Balaban J connectivity index is 3.61. The summed E-state index contributed by atoms with van der Waals surface area (Å²) in [6.45, 7) is -6.19. The minimum Gasteiger partial charge on any atom is -0.423 e. The van der Waals surface area contributed by atoms with E-state index in [2.05, 4.69) is 4.98 Å². The van der Waals surface area contributed by atoms with Gasteiger partial charge in [-0.2, -0.15) is 0 Å². The predicted octanol–water partition coefficient (Wildman–Crippen LogP) is 0.0223. The SMILES string of the molecule is [2H]C([2H])([2H])c1cc(B(O)O)cc(C([2H])([2H])C([2H])([2H])C([2H])([2H])[2H])n1. The summed E-state index contributed by atoms with van der Waals surface area (Å²) in [4.78, 5) is 3.49. The Bertz CT molecular complexity index is 583. The second-order valence-corrected chi connectivity index (χ2v) is 2.29. The van der Waals surface area contributed by atoms with E-state index in [1.165, 1.54) is 0 Å². The lowest BCUT2D eigenvalue weighted by Crippen LogP contribution is -2.30. The molecule has 70 valence electrons. The molecular weight excluding hydrogens is 165 g/mol. The van der Waals surface area contributed by atoms with E-state index in [9.17, 15) is 10.0 Å². The highest BCUT2D eigenvalue weighted by Gasteiger charge is 2.12. The van der Waals surface area contributed by atoms with Gasteiger partial charge in [-0.05, 0) is 30.8 Å². The van der Waals surface area contributed by atoms with Gasteiger partial charge in [0.2, 0.25) is 0 Å². The quantitative estimate of drug-likeness (QED) is 0.659. The number of nitrogens with zero attached hydrogens (tertiary/aromatic N) is 1. The fraction of sp³-hybridized carbons (Fsp3) is 0.444. The fourth-order valence-electron chi connectivity index (χ4n) is 0.829. The normalized spacial score (nSPS) is 25.7. The van der Waals surface area contributed by atoms with Crippen molar-refractivity contribution < 1.29 is 23.8 Å². The third-order valence-electron chi connectivity index (χ3n) is 1.34. The maximum Gasteiger partial charge on any atom is 0.488 e. The van der Waals surface area contributed by atoms with E-state index in [1.54, 1.807) is 0 Å². The van der Waals surface area contributed by atoms with Gasteiger partial charge in [-0.3, -0.25) is 4.98 Å². The van der Waals surface area contributed by atoms with Gasteiger partial charge in [0, 0.05) is 25.1 Å². The third-order valence-corrected chi connectivity index (χ3v) is 1.34. The fourth-order valence-corrected chi connectivity index (χ4v) is 0.829. The van der Waals surface area contributed by atoms with Crippen molar-refractivity contribution in [3.05, 3.63) is 23.5 Å². The van der Waals surface area contributed by atoms with Crippen molar-refractivity contribution in [1.29, 1.82) is 0 Å². The molecule has 0 bridgehead atoms. The number of rotatable bonds is 3. The number of hydrogen-bond acceptors (Lipinski definition) is 3. The summed E-state index contributed by atoms with van der Waals surface area (Å²) in [6, 6.07) is 1.53. The van der Waals surface area contributed by atoms with E-state index in [0.29, 0.717) is 0 Å². The van der Waals surface area contributed by atoms with Crippen molar-refractivity contribution in [2.24, 2.45) is 0 Å². The van der Waals surface area contributed by atoms with Crippen LogP contribution in [0.2, 0.25) is 0 Å². The van der Waals surface area contributed by atoms with Crippen molar-refractivity contribution in [2.45, 2.75) is 26.4 Å². The second kappa shape index (κ2) is 4.39. The van der Waals surface area contributed by atoms with Crippen LogP contribution in [0.25, 0.3) is 0 Å². The summed E-state index contributed by atoms with van der Waals surface area (Å²) in [5.74, 6) is 0. The van der Waals surface area contributed by atoms with Crippen molar-refractivity contribution in [2.75, 3.05) is 0 Å². The Morgan fingerprint density at radius 2 is 2.46 bits per heavy atom. The van der Waals surface area contributed by atoms with Crippen LogP contribution in [0.15, 0.2) is 12.1 Å². The van der Waals surface area contributed by atoms with Crippen molar-refractivity contribution in [1.82, 2.24) is 4.98 Å². The average molecular weight is 189 g/mol. The van der Waals surface area contributed by atoms with Gasteiger partial charge in [-0.15, -0.1) is 0 Å². The molecule has 3 nitrogen and oxygen atoms in total. The molecule has 1 heterocycles. The molecule has 4 heteroatoms. The lowest BCUT2D eigenvalue weighted by molar-refractivity contribution is 0.425. The van der Waals surface area contributed by atoms with Gasteiger partial charge in [-0.25, -0.2) is 0 Å². The molecule has 2 N–H and O–H groups in total. The molecule has 0 amide bonds. The first-order valence-electron chi connectivity index (χ1n) is 8.41. The van der Waals surface area contributed by atoms with Gasteiger partial charge >= 0.3 is 7.12 Å². The van der Waals surface area contributed by atoms with Gasteiger partial charge in [0.05, 0.1) is 0 Å². The van der Waals surface area contributed by atoms with Gasteiger partial charge in [0.15, 0.2) is 0 Å². The molecule has 0 aliphatic heterocycles. The first-order chi connectivity index (χ1) is 10.0. The van der Waals surface area contributed by atoms with Crippen LogP contribution in [-0.4, -0.2) is 22.2 Å². The van der Waals surface area contributed by atoms with Crippen LogP contribution in [0.5, 0.6) is 0 Å². The molecule has 0 aromatic carbocycles. The average Bonchev–Trinajstić information content (AvgIpc) is 2.35. The maximum absolute atomic E-state index is 9.18. The van der Waals surface area contributed by atoms with Crippen molar-refractivity contribution in [3.8, 4) is 0 Å². The third kappa shape index (κ3) is 2.83. The predicted molar refractivity (Wildman–Crippen MR) is 52.8 cm³/mol. The highest BCUT2D eigenvalue weighted by atomic mass is 16.4. The van der Waals surface area contributed by atoms with Crippen LogP contribution in [0.1, 0.15) is 38.3 Å². The van der Waals surface area contributed by atoms with Gasteiger partial charge in [0.1, 0.15) is 0 Å². The highest BCUT2D eigenvalue weighted by Crippen LogP contribution is 2.00.